The third kappa shape index (κ3) is 5.25. The highest BCUT2D eigenvalue weighted by Gasteiger charge is 2.32. The van der Waals surface area contributed by atoms with Crippen molar-refractivity contribution in [2.75, 3.05) is 26.7 Å². The molecule has 1 aromatic carbocycles. The van der Waals surface area contributed by atoms with Gasteiger partial charge in [-0.1, -0.05) is 37.3 Å². The summed E-state index contributed by atoms with van der Waals surface area (Å²) < 4.78 is 10.1. The second-order valence-corrected chi connectivity index (χ2v) is 5.71. The van der Waals surface area contributed by atoms with Gasteiger partial charge in [0.05, 0.1) is 13.0 Å². The van der Waals surface area contributed by atoms with Crippen LogP contribution < -0.4 is 5.32 Å². The van der Waals surface area contributed by atoms with Crippen LogP contribution in [0.15, 0.2) is 30.3 Å². The van der Waals surface area contributed by atoms with Crippen molar-refractivity contribution in [1.29, 1.82) is 0 Å². The summed E-state index contributed by atoms with van der Waals surface area (Å²) >= 11 is 0. The fourth-order valence-electron chi connectivity index (χ4n) is 2.82. The topological polar surface area (TPSA) is 67.9 Å². The number of hydrogen-bond donors (Lipinski definition) is 1. The zero-order chi connectivity index (χ0) is 16.7. The average molecular weight is 320 g/mol. The largest absolute Gasteiger partial charge is 0.469 e. The number of ether oxygens (including phenoxy) is 2. The van der Waals surface area contributed by atoms with E-state index in [2.05, 4.69) is 10.2 Å². The highest BCUT2D eigenvalue weighted by atomic mass is 16.5. The number of benzene rings is 1. The number of nitrogens with one attached hydrogen (secondary N) is 1. The molecule has 1 heterocycles. The van der Waals surface area contributed by atoms with Gasteiger partial charge in [-0.2, -0.15) is 0 Å². The van der Waals surface area contributed by atoms with Crippen molar-refractivity contribution < 1.29 is 19.1 Å². The molecule has 126 valence electrons. The molecule has 23 heavy (non-hydrogen) atoms. The normalized spacial score (nSPS) is 21.5. The number of likely N-dealkylation sites (tertiary alicyclic amines) is 1. The van der Waals surface area contributed by atoms with Crippen LogP contribution in [0, 0.1) is 5.92 Å². The standard InChI is InChI=1S/C17H24N2O4/c1-3-19-10-14(16(20)22-2)9-15(11-19)18-17(21)23-12-13-7-5-4-6-8-13/h4-8,14-15H,3,9-12H2,1-2H3,(H,18,21). The summed E-state index contributed by atoms with van der Waals surface area (Å²) in [6.07, 6.45) is 0.115. The Hall–Kier alpha value is -2.08. The lowest BCUT2D eigenvalue weighted by molar-refractivity contribution is -0.147. The van der Waals surface area contributed by atoms with Crippen molar-refractivity contribution >= 4 is 12.1 Å². The van der Waals surface area contributed by atoms with Crippen LogP contribution in [0.5, 0.6) is 0 Å². The summed E-state index contributed by atoms with van der Waals surface area (Å²) in [4.78, 5) is 25.9. The van der Waals surface area contributed by atoms with Gasteiger partial charge in [-0.05, 0) is 18.5 Å². The van der Waals surface area contributed by atoms with Crippen LogP contribution >= 0.6 is 0 Å². The molecule has 0 aliphatic carbocycles. The number of carbonyl (C=O) groups is 2. The molecule has 0 radical (unpaired) electrons. The van der Waals surface area contributed by atoms with Crippen LogP contribution in [0.2, 0.25) is 0 Å². The Balaban J connectivity index is 1.84. The molecule has 1 aliphatic rings. The average Bonchev–Trinajstić information content (AvgIpc) is 2.59. The molecule has 1 aliphatic heterocycles. The van der Waals surface area contributed by atoms with Gasteiger partial charge < -0.3 is 19.7 Å². The van der Waals surface area contributed by atoms with Crippen molar-refractivity contribution in [2.45, 2.75) is 26.0 Å². The molecule has 0 aromatic heterocycles. The molecular formula is C17H24N2O4. The lowest BCUT2D eigenvalue weighted by atomic mass is 9.94. The quantitative estimate of drug-likeness (QED) is 0.838. The first-order valence-electron chi connectivity index (χ1n) is 7.89. The Morgan fingerprint density at radius 2 is 2.00 bits per heavy atom. The van der Waals surface area contributed by atoms with Crippen LogP contribution in [-0.4, -0.2) is 49.7 Å². The maximum absolute atomic E-state index is 12.0. The molecule has 0 spiro atoms. The number of alkyl carbamates (subject to hydrolysis) is 1. The third-order valence-corrected chi connectivity index (χ3v) is 4.04. The van der Waals surface area contributed by atoms with Crippen molar-refractivity contribution in [3.8, 4) is 0 Å². The van der Waals surface area contributed by atoms with Gasteiger partial charge in [0.25, 0.3) is 0 Å². The number of nitrogens with zero attached hydrogens (tertiary/aromatic N) is 1. The van der Waals surface area contributed by atoms with E-state index in [0.29, 0.717) is 19.5 Å². The monoisotopic (exact) mass is 320 g/mol. The number of hydrogen-bond acceptors (Lipinski definition) is 5. The van der Waals surface area contributed by atoms with Crippen molar-refractivity contribution in [3.05, 3.63) is 35.9 Å². The van der Waals surface area contributed by atoms with E-state index >= 15 is 0 Å². The van der Waals surface area contributed by atoms with E-state index in [4.69, 9.17) is 9.47 Å². The zero-order valence-electron chi connectivity index (χ0n) is 13.7. The van der Waals surface area contributed by atoms with E-state index < -0.39 is 6.09 Å². The van der Waals surface area contributed by atoms with Gasteiger partial charge in [-0.25, -0.2) is 4.79 Å². The van der Waals surface area contributed by atoms with Gasteiger partial charge in [0, 0.05) is 19.1 Å². The summed E-state index contributed by atoms with van der Waals surface area (Å²) in [5.41, 5.74) is 0.939. The summed E-state index contributed by atoms with van der Waals surface area (Å²) in [5.74, 6) is -0.444. The van der Waals surface area contributed by atoms with E-state index in [1.807, 2.05) is 37.3 Å². The second kappa shape index (κ2) is 8.53. The minimum absolute atomic E-state index is 0.115. The first-order chi connectivity index (χ1) is 11.1. The smallest absolute Gasteiger partial charge is 0.407 e. The number of piperidine rings is 1. The van der Waals surface area contributed by atoms with Gasteiger partial charge >= 0.3 is 12.1 Å². The summed E-state index contributed by atoms with van der Waals surface area (Å²) in [6.45, 7) is 4.47. The van der Waals surface area contributed by atoms with Crippen LogP contribution in [-0.2, 0) is 20.9 Å². The maximum Gasteiger partial charge on any atom is 0.407 e. The first-order valence-corrected chi connectivity index (χ1v) is 7.89. The lowest BCUT2D eigenvalue weighted by Crippen LogP contribution is -2.52. The van der Waals surface area contributed by atoms with Crippen LogP contribution in [0.25, 0.3) is 0 Å². The zero-order valence-corrected chi connectivity index (χ0v) is 13.7. The molecule has 2 unspecified atom stereocenters. The van der Waals surface area contributed by atoms with E-state index in [9.17, 15) is 9.59 Å². The van der Waals surface area contributed by atoms with Crippen LogP contribution in [0.3, 0.4) is 0 Å². The molecule has 1 aromatic rings. The number of carbonyl (C=O) groups excluding carboxylic acids is 2. The van der Waals surface area contributed by atoms with Crippen molar-refractivity contribution in [1.82, 2.24) is 10.2 Å². The lowest BCUT2D eigenvalue weighted by Gasteiger charge is -2.36. The predicted molar refractivity (Wildman–Crippen MR) is 85.8 cm³/mol. The Bertz CT molecular complexity index is 521. The van der Waals surface area contributed by atoms with E-state index in [0.717, 1.165) is 12.1 Å². The minimum atomic E-state index is -0.458. The molecule has 2 rings (SSSR count). The molecule has 6 nitrogen and oxygen atoms in total. The van der Waals surface area contributed by atoms with Gasteiger partial charge in [-0.15, -0.1) is 0 Å². The Morgan fingerprint density at radius 3 is 2.65 bits per heavy atom. The number of rotatable bonds is 5. The van der Waals surface area contributed by atoms with Crippen molar-refractivity contribution in [3.63, 3.8) is 0 Å². The van der Waals surface area contributed by atoms with E-state index in [-0.39, 0.29) is 24.5 Å². The first kappa shape index (κ1) is 17.3. The number of likely N-dealkylation sites (N-methyl/N-ethyl adjacent to an activating group) is 1. The molecule has 6 heteroatoms. The molecule has 0 saturated carbocycles. The molecule has 0 bridgehead atoms. The van der Waals surface area contributed by atoms with Crippen LogP contribution in [0.4, 0.5) is 4.79 Å². The summed E-state index contributed by atoms with van der Waals surface area (Å²) in [7, 11) is 1.39. The molecule has 1 fully saturated rings. The number of esters is 1. The minimum Gasteiger partial charge on any atom is -0.469 e. The summed E-state index contributed by atoms with van der Waals surface area (Å²) in [5, 5.41) is 2.85. The summed E-state index contributed by atoms with van der Waals surface area (Å²) in [6, 6.07) is 9.41. The van der Waals surface area contributed by atoms with E-state index in [1.165, 1.54) is 7.11 Å². The Morgan fingerprint density at radius 1 is 1.26 bits per heavy atom. The van der Waals surface area contributed by atoms with Gasteiger partial charge in [0.1, 0.15) is 6.61 Å². The second-order valence-electron chi connectivity index (χ2n) is 5.71. The molecular weight excluding hydrogens is 296 g/mol. The highest BCUT2D eigenvalue weighted by molar-refractivity contribution is 5.73. The van der Waals surface area contributed by atoms with Crippen molar-refractivity contribution in [2.24, 2.45) is 5.92 Å². The van der Waals surface area contributed by atoms with Gasteiger partial charge in [-0.3, -0.25) is 4.79 Å². The fraction of sp³-hybridized carbons (Fsp3) is 0.529. The number of amides is 1. The molecule has 1 saturated heterocycles. The predicted octanol–water partition coefficient (Wildman–Crippen LogP) is 1.80. The van der Waals surface area contributed by atoms with E-state index in [1.54, 1.807) is 0 Å². The highest BCUT2D eigenvalue weighted by Crippen LogP contribution is 2.18. The van der Waals surface area contributed by atoms with Gasteiger partial charge in [0.15, 0.2) is 0 Å². The maximum atomic E-state index is 12.0. The number of methoxy groups -OCH3 is 1. The fourth-order valence-corrected chi connectivity index (χ4v) is 2.82. The molecule has 2 atom stereocenters. The molecule has 1 amide bonds. The Kier molecular flexibility index (Phi) is 6.40. The van der Waals surface area contributed by atoms with Gasteiger partial charge in [0.2, 0.25) is 0 Å². The van der Waals surface area contributed by atoms with Crippen LogP contribution in [0.1, 0.15) is 18.9 Å². The third-order valence-electron chi connectivity index (χ3n) is 4.04. The Labute approximate surface area is 136 Å². The molecule has 1 N–H and O–H groups in total. The SMILES string of the molecule is CCN1CC(NC(=O)OCc2ccccc2)CC(C(=O)OC)C1.